The minimum absolute atomic E-state index is 0.166. The first kappa shape index (κ1) is 17.1. The second-order valence-corrected chi connectivity index (χ2v) is 6.29. The lowest BCUT2D eigenvalue weighted by molar-refractivity contribution is 0.0786. The third kappa shape index (κ3) is 2.63. The number of hydrogen-bond donors (Lipinski definition) is 1. The van der Waals surface area contributed by atoms with Crippen LogP contribution in [-0.4, -0.2) is 42.3 Å². The van der Waals surface area contributed by atoms with E-state index in [1.807, 2.05) is 12.1 Å². The summed E-state index contributed by atoms with van der Waals surface area (Å²) in [5, 5.41) is 7.17. The zero-order chi connectivity index (χ0) is 19.1. The van der Waals surface area contributed by atoms with Crippen molar-refractivity contribution in [2.24, 2.45) is 0 Å². The Balaban J connectivity index is 1.92. The summed E-state index contributed by atoms with van der Waals surface area (Å²) in [6.07, 6.45) is 0. The van der Waals surface area contributed by atoms with Gasteiger partial charge in [-0.05, 0) is 42.5 Å². The number of aromatic amines is 1. The molecule has 7 heteroatoms. The molecule has 1 unspecified atom stereocenters. The first-order valence-electron chi connectivity index (χ1n) is 8.38. The number of H-pyrrole nitrogens is 1. The Hall–Kier alpha value is -3.35. The molecule has 0 saturated heterocycles. The van der Waals surface area contributed by atoms with Crippen molar-refractivity contribution < 1.29 is 18.7 Å². The molecule has 1 atom stereocenters. The molecule has 1 aliphatic rings. The number of hydrogen-bond acceptors (Lipinski definition) is 4. The van der Waals surface area contributed by atoms with Crippen molar-refractivity contribution in [2.75, 3.05) is 21.3 Å². The number of carbonyl (C=O) groups excluding carboxylic acids is 1. The van der Waals surface area contributed by atoms with E-state index in [-0.39, 0.29) is 11.7 Å². The number of nitrogens with one attached hydrogen (secondary N) is 1. The maximum absolute atomic E-state index is 13.3. The number of ether oxygens (including phenoxy) is 2. The Bertz CT molecular complexity index is 1010. The summed E-state index contributed by atoms with van der Waals surface area (Å²) in [5.41, 5.74) is 3.28. The van der Waals surface area contributed by atoms with E-state index >= 15 is 0 Å². The van der Waals surface area contributed by atoms with Gasteiger partial charge in [0.05, 0.1) is 26.0 Å². The van der Waals surface area contributed by atoms with E-state index in [0.717, 1.165) is 16.7 Å². The maximum atomic E-state index is 13.3. The normalized spacial score (nSPS) is 15.8. The average Bonchev–Trinajstić information content (AvgIpc) is 3.21. The SMILES string of the molecule is COc1ccc(OC)c(C2c3c(-c4ccc(F)cc4)n[nH]c3C(=O)N2C)c1. The Morgan fingerprint density at radius 3 is 2.52 bits per heavy atom. The molecule has 1 amide bonds. The van der Waals surface area contributed by atoms with Gasteiger partial charge in [-0.25, -0.2) is 4.39 Å². The van der Waals surface area contributed by atoms with Crippen molar-refractivity contribution in [3.8, 4) is 22.8 Å². The van der Waals surface area contributed by atoms with Crippen LogP contribution in [0, 0.1) is 5.82 Å². The highest BCUT2D eigenvalue weighted by Gasteiger charge is 2.41. The molecule has 0 spiro atoms. The summed E-state index contributed by atoms with van der Waals surface area (Å²) in [6.45, 7) is 0. The zero-order valence-corrected chi connectivity index (χ0v) is 15.1. The van der Waals surface area contributed by atoms with Gasteiger partial charge in [-0.3, -0.25) is 9.89 Å². The number of halogens is 1. The number of aromatic nitrogens is 2. The van der Waals surface area contributed by atoms with Gasteiger partial charge in [-0.15, -0.1) is 0 Å². The molecular weight excluding hydrogens is 349 g/mol. The summed E-state index contributed by atoms with van der Waals surface area (Å²) in [4.78, 5) is 14.4. The molecular formula is C20H18FN3O3. The highest BCUT2D eigenvalue weighted by Crippen LogP contribution is 2.45. The third-order valence-corrected chi connectivity index (χ3v) is 4.85. The maximum Gasteiger partial charge on any atom is 0.272 e. The predicted octanol–water partition coefficient (Wildman–Crippen LogP) is 3.41. The van der Waals surface area contributed by atoms with Gasteiger partial charge in [-0.2, -0.15) is 5.10 Å². The van der Waals surface area contributed by atoms with Gasteiger partial charge in [0.1, 0.15) is 23.0 Å². The molecule has 4 rings (SSSR count). The van der Waals surface area contributed by atoms with Crippen LogP contribution in [0.4, 0.5) is 4.39 Å². The van der Waals surface area contributed by atoms with Crippen molar-refractivity contribution in [2.45, 2.75) is 6.04 Å². The van der Waals surface area contributed by atoms with E-state index in [0.29, 0.717) is 22.9 Å². The topological polar surface area (TPSA) is 67.5 Å². The van der Waals surface area contributed by atoms with E-state index in [4.69, 9.17) is 9.47 Å². The van der Waals surface area contributed by atoms with E-state index in [1.165, 1.54) is 12.1 Å². The molecule has 1 N–H and O–H groups in total. The first-order chi connectivity index (χ1) is 13.0. The number of rotatable bonds is 4. The monoisotopic (exact) mass is 367 g/mol. The molecule has 0 bridgehead atoms. The van der Waals surface area contributed by atoms with Crippen molar-refractivity contribution in [1.82, 2.24) is 15.1 Å². The number of benzene rings is 2. The quantitative estimate of drug-likeness (QED) is 0.767. The predicted molar refractivity (Wildman–Crippen MR) is 97.5 cm³/mol. The molecule has 1 aromatic heterocycles. The van der Waals surface area contributed by atoms with E-state index < -0.39 is 6.04 Å². The Morgan fingerprint density at radius 2 is 1.85 bits per heavy atom. The van der Waals surface area contributed by atoms with Crippen LogP contribution in [0.15, 0.2) is 42.5 Å². The lowest BCUT2D eigenvalue weighted by Crippen LogP contribution is -2.25. The smallest absolute Gasteiger partial charge is 0.272 e. The van der Waals surface area contributed by atoms with Crippen molar-refractivity contribution in [3.05, 3.63) is 65.1 Å². The minimum atomic E-state index is -0.406. The standard InChI is InChI=1S/C20H18FN3O3/c1-24-19(14-10-13(26-2)8-9-15(14)27-3)16-17(22-23-18(16)20(24)25)11-4-6-12(21)7-5-11/h4-10,19H,1-3H3,(H,22,23). The minimum Gasteiger partial charge on any atom is -0.497 e. The lowest BCUT2D eigenvalue weighted by Gasteiger charge is -2.24. The average molecular weight is 367 g/mol. The molecule has 0 radical (unpaired) electrons. The van der Waals surface area contributed by atoms with Crippen LogP contribution in [0.2, 0.25) is 0 Å². The third-order valence-electron chi connectivity index (χ3n) is 4.85. The van der Waals surface area contributed by atoms with Crippen molar-refractivity contribution in [1.29, 1.82) is 0 Å². The summed E-state index contributed by atoms with van der Waals surface area (Å²) in [7, 11) is 4.90. The fraction of sp³-hybridized carbons (Fsp3) is 0.200. The summed E-state index contributed by atoms with van der Waals surface area (Å²) in [5.74, 6) is 0.803. The van der Waals surface area contributed by atoms with E-state index in [9.17, 15) is 9.18 Å². The Kier molecular flexibility index (Phi) is 4.07. The zero-order valence-electron chi connectivity index (χ0n) is 15.1. The van der Waals surface area contributed by atoms with Gasteiger partial charge in [0.15, 0.2) is 0 Å². The fourth-order valence-electron chi connectivity index (χ4n) is 3.51. The molecule has 27 heavy (non-hydrogen) atoms. The summed E-state index contributed by atoms with van der Waals surface area (Å²) in [6, 6.07) is 11.1. The number of fused-ring (bicyclic) bond motifs is 1. The van der Waals surface area contributed by atoms with Gasteiger partial charge < -0.3 is 14.4 Å². The second-order valence-electron chi connectivity index (χ2n) is 6.29. The van der Waals surface area contributed by atoms with Crippen LogP contribution in [0.5, 0.6) is 11.5 Å². The second kappa shape index (κ2) is 6.42. The molecule has 6 nitrogen and oxygen atoms in total. The van der Waals surface area contributed by atoms with Gasteiger partial charge in [0, 0.05) is 23.7 Å². The van der Waals surface area contributed by atoms with Gasteiger partial charge in [-0.1, -0.05) is 0 Å². The highest BCUT2D eigenvalue weighted by molar-refractivity contribution is 6.00. The van der Waals surface area contributed by atoms with Crippen LogP contribution in [0.3, 0.4) is 0 Å². The van der Waals surface area contributed by atoms with Crippen molar-refractivity contribution >= 4 is 5.91 Å². The number of methoxy groups -OCH3 is 2. The van der Waals surface area contributed by atoms with E-state index in [1.54, 1.807) is 44.4 Å². The number of carbonyl (C=O) groups is 1. The number of nitrogens with zero attached hydrogens (tertiary/aromatic N) is 2. The van der Waals surface area contributed by atoms with E-state index in [2.05, 4.69) is 10.2 Å². The van der Waals surface area contributed by atoms with Crippen LogP contribution < -0.4 is 9.47 Å². The highest BCUT2D eigenvalue weighted by atomic mass is 19.1. The Labute approximate surface area is 155 Å². The molecule has 138 valence electrons. The summed E-state index contributed by atoms with van der Waals surface area (Å²) < 4.78 is 24.2. The van der Waals surface area contributed by atoms with Gasteiger partial charge in [0.25, 0.3) is 5.91 Å². The van der Waals surface area contributed by atoms with Crippen LogP contribution >= 0.6 is 0 Å². The van der Waals surface area contributed by atoms with Crippen LogP contribution in [0.25, 0.3) is 11.3 Å². The summed E-state index contributed by atoms with van der Waals surface area (Å²) >= 11 is 0. The number of amides is 1. The molecule has 2 heterocycles. The van der Waals surface area contributed by atoms with Gasteiger partial charge in [0.2, 0.25) is 0 Å². The molecule has 1 aliphatic heterocycles. The lowest BCUT2D eigenvalue weighted by atomic mass is 9.95. The molecule has 3 aromatic rings. The molecule has 0 saturated carbocycles. The molecule has 0 aliphatic carbocycles. The molecule has 2 aromatic carbocycles. The van der Waals surface area contributed by atoms with Crippen molar-refractivity contribution in [3.63, 3.8) is 0 Å². The largest absolute Gasteiger partial charge is 0.497 e. The molecule has 0 fully saturated rings. The fourth-order valence-corrected chi connectivity index (χ4v) is 3.51. The Morgan fingerprint density at radius 1 is 1.11 bits per heavy atom. The van der Waals surface area contributed by atoms with Crippen LogP contribution in [0.1, 0.15) is 27.7 Å². The first-order valence-corrected chi connectivity index (χ1v) is 8.38. The van der Waals surface area contributed by atoms with Gasteiger partial charge >= 0.3 is 0 Å². The van der Waals surface area contributed by atoms with Crippen LogP contribution in [-0.2, 0) is 0 Å².